The molecule has 2 amide bonds. The summed E-state index contributed by atoms with van der Waals surface area (Å²) in [4.78, 5) is 32.7. The molecule has 2 unspecified atom stereocenters. The van der Waals surface area contributed by atoms with Gasteiger partial charge in [-0.05, 0) is 24.1 Å². The standard InChI is InChI=1S/C20H20N2O5/c1-2-26-19(24)18-14-9-6-10-16(23)17(14)15-11-21(18)20(25)22(15)27-12-13-7-4-3-5-8-13/h3-10,15,18,23H,2,11-12H2,1H3. The van der Waals surface area contributed by atoms with Crippen molar-refractivity contribution in [3.8, 4) is 5.75 Å². The van der Waals surface area contributed by atoms with Crippen LogP contribution in [0.25, 0.3) is 0 Å². The van der Waals surface area contributed by atoms with Crippen LogP contribution in [0.1, 0.15) is 35.7 Å². The zero-order valence-electron chi connectivity index (χ0n) is 14.9. The monoisotopic (exact) mass is 368 g/mol. The van der Waals surface area contributed by atoms with E-state index in [2.05, 4.69) is 0 Å². The largest absolute Gasteiger partial charge is 0.508 e. The first-order chi connectivity index (χ1) is 13.1. The van der Waals surface area contributed by atoms with Gasteiger partial charge in [0.05, 0.1) is 13.2 Å². The van der Waals surface area contributed by atoms with E-state index < -0.39 is 24.1 Å². The smallest absolute Gasteiger partial charge is 0.345 e. The van der Waals surface area contributed by atoms with Gasteiger partial charge in [-0.1, -0.05) is 42.5 Å². The van der Waals surface area contributed by atoms with Crippen molar-refractivity contribution in [3.05, 3.63) is 65.2 Å². The number of phenolic OH excluding ortho intramolecular Hbond substituents is 1. The van der Waals surface area contributed by atoms with Gasteiger partial charge < -0.3 is 14.7 Å². The minimum absolute atomic E-state index is 0.0365. The van der Waals surface area contributed by atoms with Crippen LogP contribution in [-0.4, -0.2) is 40.2 Å². The van der Waals surface area contributed by atoms with Gasteiger partial charge in [-0.25, -0.2) is 9.59 Å². The number of hydrogen-bond donors (Lipinski definition) is 1. The van der Waals surface area contributed by atoms with Crippen molar-refractivity contribution >= 4 is 12.0 Å². The normalized spacial score (nSPS) is 20.6. The number of rotatable bonds is 5. The highest BCUT2D eigenvalue weighted by Crippen LogP contribution is 2.47. The summed E-state index contributed by atoms with van der Waals surface area (Å²) in [5.41, 5.74) is 2.02. The van der Waals surface area contributed by atoms with Crippen molar-refractivity contribution < 1.29 is 24.3 Å². The quantitative estimate of drug-likeness (QED) is 0.821. The summed E-state index contributed by atoms with van der Waals surface area (Å²) in [6.45, 7) is 2.39. The molecule has 140 valence electrons. The highest BCUT2D eigenvalue weighted by atomic mass is 16.7. The van der Waals surface area contributed by atoms with Crippen molar-refractivity contribution in [1.29, 1.82) is 0 Å². The Kier molecular flexibility index (Phi) is 4.45. The number of carbonyl (C=O) groups excluding carboxylic acids is 2. The topological polar surface area (TPSA) is 79.3 Å². The Morgan fingerprint density at radius 3 is 2.70 bits per heavy atom. The molecule has 1 saturated heterocycles. The van der Waals surface area contributed by atoms with Crippen molar-refractivity contribution in [2.24, 2.45) is 0 Å². The van der Waals surface area contributed by atoms with E-state index in [-0.39, 0.29) is 25.5 Å². The van der Waals surface area contributed by atoms with Gasteiger partial charge in [0.2, 0.25) is 0 Å². The van der Waals surface area contributed by atoms with E-state index in [0.29, 0.717) is 11.1 Å². The third-order valence-electron chi connectivity index (χ3n) is 4.87. The Balaban J connectivity index is 1.68. The zero-order valence-corrected chi connectivity index (χ0v) is 14.9. The summed E-state index contributed by atoms with van der Waals surface area (Å²) in [6, 6.07) is 12.7. The number of esters is 1. The van der Waals surface area contributed by atoms with Crippen LogP contribution in [0.4, 0.5) is 4.79 Å². The molecule has 0 radical (unpaired) electrons. The van der Waals surface area contributed by atoms with E-state index in [1.54, 1.807) is 25.1 Å². The highest BCUT2D eigenvalue weighted by Gasteiger charge is 2.52. The number of aromatic hydroxyl groups is 1. The lowest BCUT2D eigenvalue weighted by Crippen LogP contribution is -2.39. The Morgan fingerprint density at radius 2 is 1.96 bits per heavy atom. The van der Waals surface area contributed by atoms with Gasteiger partial charge in [-0.2, -0.15) is 5.06 Å². The minimum atomic E-state index is -0.888. The number of carbonyl (C=O) groups is 2. The molecule has 2 bridgehead atoms. The Labute approximate surface area is 156 Å². The molecule has 1 N–H and O–H groups in total. The molecule has 2 aliphatic rings. The van der Waals surface area contributed by atoms with Gasteiger partial charge in [0.1, 0.15) is 18.4 Å². The number of amides is 2. The Hall–Kier alpha value is -3.06. The molecule has 2 aromatic carbocycles. The maximum absolute atomic E-state index is 12.9. The maximum Gasteiger partial charge on any atom is 0.345 e. The third-order valence-corrected chi connectivity index (χ3v) is 4.87. The molecule has 0 aliphatic carbocycles. The van der Waals surface area contributed by atoms with Crippen LogP contribution in [0.15, 0.2) is 48.5 Å². The number of phenols is 1. The second-order valence-electron chi connectivity index (χ2n) is 6.47. The molecule has 2 atom stereocenters. The number of hydroxylamine groups is 2. The molecule has 2 aromatic rings. The number of fused-ring (bicyclic) bond motifs is 4. The first kappa shape index (κ1) is 17.4. The number of urea groups is 1. The first-order valence-electron chi connectivity index (χ1n) is 8.87. The Morgan fingerprint density at radius 1 is 1.19 bits per heavy atom. The molecule has 2 heterocycles. The number of benzene rings is 2. The fraction of sp³-hybridized carbons (Fsp3) is 0.300. The molecule has 27 heavy (non-hydrogen) atoms. The van der Waals surface area contributed by atoms with Crippen molar-refractivity contribution in [2.75, 3.05) is 13.2 Å². The van der Waals surface area contributed by atoms with Crippen LogP contribution in [0, 0.1) is 0 Å². The highest BCUT2D eigenvalue weighted by molar-refractivity contribution is 5.88. The number of ether oxygens (including phenoxy) is 1. The van der Waals surface area contributed by atoms with Crippen LogP contribution >= 0.6 is 0 Å². The lowest BCUT2D eigenvalue weighted by atomic mass is 9.90. The third kappa shape index (κ3) is 2.90. The summed E-state index contributed by atoms with van der Waals surface area (Å²) in [5, 5.41) is 11.7. The summed E-state index contributed by atoms with van der Waals surface area (Å²) >= 11 is 0. The fourth-order valence-electron chi connectivity index (χ4n) is 3.70. The predicted molar refractivity (Wildman–Crippen MR) is 95.4 cm³/mol. The van der Waals surface area contributed by atoms with Crippen LogP contribution in [0.3, 0.4) is 0 Å². The minimum Gasteiger partial charge on any atom is -0.508 e. The van der Waals surface area contributed by atoms with Gasteiger partial charge >= 0.3 is 12.0 Å². The molecule has 4 rings (SSSR count). The van der Waals surface area contributed by atoms with E-state index in [0.717, 1.165) is 5.56 Å². The summed E-state index contributed by atoms with van der Waals surface area (Å²) in [7, 11) is 0. The van der Waals surface area contributed by atoms with Crippen molar-refractivity contribution in [1.82, 2.24) is 9.96 Å². The average molecular weight is 368 g/mol. The predicted octanol–water partition coefficient (Wildman–Crippen LogP) is 2.92. The second-order valence-corrected chi connectivity index (χ2v) is 6.47. The summed E-state index contributed by atoms with van der Waals surface area (Å²) in [5.74, 6) is -0.476. The van der Waals surface area contributed by atoms with E-state index in [4.69, 9.17) is 9.57 Å². The molecule has 0 aromatic heterocycles. The molecular weight excluding hydrogens is 348 g/mol. The van der Waals surface area contributed by atoms with Crippen molar-refractivity contribution in [2.45, 2.75) is 25.6 Å². The SMILES string of the molecule is CCOC(=O)C1c2cccc(O)c2C2CN1C(=O)N2OCc1ccccc1. The zero-order chi connectivity index (χ0) is 19.0. The number of hydrogen-bond acceptors (Lipinski definition) is 5. The summed E-state index contributed by atoms with van der Waals surface area (Å²) < 4.78 is 5.17. The van der Waals surface area contributed by atoms with Gasteiger partial charge in [-0.3, -0.25) is 4.84 Å². The molecular formula is C20H20N2O5. The van der Waals surface area contributed by atoms with Crippen LogP contribution < -0.4 is 0 Å². The maximum atomic E-state index is 12.9. The van der Waals surface area contributed by atoms with Crippen LogP contribution in [0.2, 0.25) is 0 Å². The summed E-state index contributed by atoms with van der Waals surface area (Å²) in [6.07, 6.45) is 0. The first-order valence-corrected chi connectivity index (χ1v) is 8.87. The molecule has 7 heteroatoms. The van der Waals surface area contributed by atoms with Gasteiger partial charge in [-0.15, -0.1) is 0 Å². The van der Waals surface area contributed by atoms with Crippen LogP contribution in [0.5, 0.6) is 5.75 Å². The van der Waals surface area contributed by atoms with E-state index in [1.165, 1.54) is 9.96 Å². The van der Waals surface area contributed by atoms with Gasteiger partial charge in [0.15, 0.2) is 6.04 Å². The second kappa shape index (κ2) is 6.92. The lowest BCUT2D eigenvalue weighted by molar-refractivity contribution is -0.149. The van der Waals surface area contributed by atoms with Gasteiger partial charge in [0, 0.05) is 5.56 Å². The average Bonchev–Trinajstić information content (AvgIpc) is 2.93. The van der Waals surface area contributed by atoms with E-state index >= 15 is 0 Å². The van der Waals surface area contributed by atoms with Gasteiger partial charge in [0.25, 0.3) is 0 Å². The molecule has 0 saturated carbocycles. The fourth-order valence-corrected chi connectivity index (χ4v) is 3.70. The molecule has 7 nitrogen and oxygen atoms in total. The lowest BCUT2D eigenvalue weighted by Gasteiger charge is -2.31. The van der Waals surface area contributed by atoms with E-state index in [1.807, 2.05) is 30.3 Å². The van der Waals surface area contributed by atoms with Crippen molar-refractivity contribution in [3.63, 3.8) is 0 Å². The van der Waals surface area contributed by atoms with E-state index in [9.17, 15) is 14.7 Å². The number of nitrogens with zero attached hydrogens (tertiary/aromatic N) is 2. The molecule has 2 aliphatic heterocycles. The molecule has 1 fully saturated rings. The Bertz CT molecular complexity index is 870. The molecule has 0 spiro atoms. The van der Waals surface area contributed by atoms with Crippen LogP contribution in [-0.2, 0) is 21.0 Å².